The molecule has 4 aromatic rings. The summed E-state index contributed by atoms with van der Waals surface area (Å²) in [4.78, 5) is 30.6. The lowest BCUT2D eigenvalue weighted by Crippen LogP contribution is -2.18. The van der Waals surface area contributed by atoms with Gasteiger partial charge in [-0.1, -0.05) is 72.8 Å². The molecule has 0 saturated carbocycles. The number of hydrogen-bond acceptors (Lipinski definition) is 4. The minimum absolute atomic E-state index is 0.217. The summed E-state index contributed by atoms with van der Waals surface area (Å²) in [5.41, 5.74) is 5.96. The van der Waals surface area contributed by atoms with Crippen molar-refractivity contribution >= 4 is 22.7 Å². The van der Waals surface area contributed by atoms with E-state index in [1.54, 1.807) is 12.1 Å². The van der Waals surface area contributed by atoms with Crippen LogP contribution in [-0.4, -0.2) is 23.3 Å². The first kappa shape index (κ1) is 20.1. The highest BCUT2D eigenvalue weighted by Gasteiger charge is 2.24. The third-order valence-corrected chi connectivity index (χ3v) is 6.02. The quantitative estimate of drug-likeness (QED) is 0.301. The van der Waals surface area contributed by atoms with Gasteiger partial charge in [-0.3, -0.25) is 9.78 Å². The summed E-state index contributed by atoms with van der Waals surface area (Å²) < 4.78 is 5.52. The Morgan fingerprint density at radius 3 is 2.28 bits per heavy atom. The zero-order chi connectivity index (χ0) is 21.9. The van der Waals surface area contributed by atoms with Crippen molar-refractivity contribution in [2.75, 3.05) is 6.61 Å². The molecule has 0 fully saturated rings. The molecule has 0 N–H and O–H groups in total. The summed E-state index contributed by atoms with van der Waals surface area (Å²) in [6, 6.07) is 25.0. The van der Waals surface area contributed by atoms with Gasteiger partial charge in [-0.05, 0) is 48.4 Å². The standard InChI is InChI=1S/C28H23NO3/c30-26(21-16-14-20(15-17-21)19-8-2-1-3-9-19)18-32-28(31)27-22-10-4-6-12-24(22)29-25-13-7-5-11-23(25)27/h1-4,6,8-10,12,14-17H,5,7,11,13,18H2. The van der Waals surface area contributed by atoms with Crippen LogP contribution in [0.15, 0.2) is 78.9 Å². The number of carbonyl (C=O) groups is 2. The Bertz CT molecular complexity index is 1290. The molecular formula is C28H23NO3. The number of pyridine rings is 1. The number of fused-ring (bicyclic) bond motifs is 2. The van der Waals surface area contributed by atoms with Crippen LogP contribution in [0.3, 0.4) is 0 Å². The van der Waals surface area contributed by atoms with Gasteiger partial charge in [-0.15, -0.1) is 0 Å². The Hall–Kier alpha value is -3.79. The molecular weight excluding hydrogens is 398 g/mol. The van der Waals surface area contributed by atoms with Crippen LogP contribution in [0.2, 0.25) is 0 Å². The van der Waals surface area contributed by atoms with E-state index in [-0.39, 0.29) is 12.4 Å². The van der Waals surface area contributed by atoms with Crippen LogP contribution in [0, 0.1) is 0 Å². The van der Waals surface area contributed by atoms with Crippen molar-refractivity contribution in [2.45, 2.75) is 25.7 Å². The maximum absolute atomic E-state index is 13.1. The highest BCUT2D eigenvalue weighted by molar-refractivity contribution is 6.06. The molecule has 1 heterocycles. The average molecular weight is 421 g/mol. The predicted molar refractivity (Wildman–Crippen MR) is 125 cm³/mol. The average Bonchev–Trinajstić information content (AvgIpc) is 2.86. The molecule has 0 bridgehead atoms. The van der Waals surface area contributed by atoms with E-state index in [1.165, 1.54) is 0 Å². The Balaban J connectivity index is 1.35. The number of aromatic nitrogens is 1. The summed E-state index contributed by atoms with van der Waals surface area (Å²) in [6.45, 7) is -0.283. The second kappa shape index (κ2) is 8.75. The number of Topliss-reactive ketones (excluding diaryl/α,β-unsaturated/α-hetero) is 1. The minimum atomic E-state index is -0.448. The molecule has 1 aliphatic carbocycles. The molecule has 0 aliphatic heterocycles. The molecule has 0 amide bonds. The van der Waals surface area contributed by atoms with E-state index in [2.05, 4.69) is 0 Å². The van der Waals surface area contributed by atoms with Crippen molar-refractivity contribution in [3.05, 3.63) is 101 Å². The van der Waals surface area contributed by atoms with Gasteiger partial charge in [0.25, 0.3) is 0 Å². The van der Waals surface area contributed by atoms with E-state index >= 15 is 0 Å². The number of rotatable bonds is 5. The first-order valence-electron chi connectivity index (χ1n) is 11.0. The number of ketones is 1. The molecule has 32 heavy (non-hydrogen) atoms. The SMILES string of the molecule is O=C(COC(=O)c1c2c(nc3ccccc13)CCCC2)c1ccc(-c2ccccc2)cc1. The van der Waals surface area contributed by atoms with Crippen LogP contribution in [0.5, 0.6) is 0 Å². The maximum atomic E-state index is 13.1. The van der Waals surface area contributed by atoms with Crippen LogP contribution in [-0.2, 0) is 17.6 Å². The Morgan fingerprint density at radius 2 is 1.47 bits per heavy atom. The minimum Gasteiger partial charge on any atom is -0.454 e. The van der Waals surface area contributed by atoms with Crippen molar-refractivity contribution in [1.82, 2.24) is 4.98 Å². The van der Waals surface area contributed by atoms with E-state index in [9.17, 15) is 9.59 Å². The lowest BCUT2D eigenvalue weighted by atomic mass is 9.90. The van der Waals surface area contributed by atoms with Crippen molar-refractivity contribution in [3.63, 3.8) is 0 Å². The van der Waals surface area contributed by atoms with E-state index in [4.69, 9.17) is 9.72 Å². The highest BCUT2D eigenvalue weighted by atomic mass is 16.5. The van der Waals surface area contributed by atoms with Crippen LogP contribution in [0.4, 0.5) is 0 Å². The van der Waals surface area contributed by atoms with Crippen molar-refractivity contribution in [3.8, 4) is 11.1 Å². The topological polar surface area (TPSA) is 56.3 Å². The Morgan fingerprint density at radius 1 is 0.781 bits per heavy atom. The van der Waals surface area contributed by atoms with Gasteiger partial charge in [-0.2, -0.15) is 0 Å². The van der Waals surface area contributed by atoms with E-state index in [0.29, 0.717) is 11.1 Å². The number of carbonyl (C=O) groups excluding carboxylic acids is 2. The zero-order valence-corrected chi connectivity index (χ0v) is 17.7. The van der Waals surface area contributed by atoms with E-state index in [1.807, 2.05) is 66.7 Å². The van der Waals surface area contributed by atoms with Gasteiger partial charge in [0.15, 0.2) is 12.4 Å². The third kappa shape index (κ3) is 3.92. The van der Waals surface area contributed by atoms with Gasteiger partial charge < -0.3 is 4.74 Å². The van der Waals surface area contributed by atoms with Crippen LogP contribution in [0.25, 0.3) is 22.0 Å². The van der Waals surface area contributed by atoms with E-state index < -0.39 is 5.97 Å². The van der Waals surface area contributed by atoms with Gasteiger partial charge in [0.1, 0.15) is 0 Å². The number of aryl methyl sites for hydroxylation is 1. The third-order valence-electron chi connectivity index (χ3n) is 6.02. The van der Waals surface area contributed by atoms with E-state index in [0.717, 1.165) is 59.0 Å². The molecule has 158 valence electrons. The first-order chi connectivity index (χ1) is 15.7. The maximum Gasteiger partial charge on any atom is 0.339 e. The van der Waals surface area contributed by atoms with Gasteiger partial charge in [0.05, 0.1) is 11.1 Å². The molecule has 0 radical (unpaired) electrons. The number of hydrogen-bond donors (Lipinski definition) is 0. The lowest BCUT2D eigenvalue weighted by molar-refractivity contribution is 0.0475. The monoisotopic (exact) mass is 421 g/mol. The fourth-order valence-corrected chi connectivity index (χ4v) is 4.37. The zero-order valence-electron chi connectivity index (χ0n) is 17.7. The molecule has 1 aliphatic rings. The number of esters is 1. The summed E-state index contributed by atoms with van der Waals surface area (Å²) in [6.07, 6.45) is 3.78. The largest absolute Gasteiger partial charge is 0.454 e. The van der Waals surface area contributed by atoms with Gasteiger partial charge in [0.2, 0.25) is 0 Å². The number of ether oxygens (including phenoxy) is 1. The van der Waals surface area contributed by atoms with Crippen LogP contribution < -0.4 is 0 Å². The Kier molecular flexibility index (Phi) is 5.51. The van der Waals surface area contributed by atoms with Gasteiger partial charge >= 0.3 is 5.97 Å². The number of benzene rings is 3. The second-order valence-corrected chi connectivity index (χ2v) is 8.08. The Labute approximate surface area is 186 Å². The van der Waals surface area contributed by atoms with Crippen LogP contribution in [0.1, 0.15) is 44.8 Å². The molecule has 0 saturated heterocycles. The molecule has 5 rings (SSSR count). The van der Waals surface area contributed by atoms with Crippen molar-refractivity contribution in [2.24, 2.45) is 0 Å². The number of nitrogens with zero attached hydrogens (tertiary/aromatic N) is 1. The molecule has 3 aromatic carbocycles. The molecule has 4 heteroatoms. The summed E-state index contributed by atoms with van der Waals surface area (Å²) in [5, 5.41) is 0.790. The molecule has 0 spiro atoms. The van der Waals surface area contributed by atoms with Crippen LogP contribution >= 0.6 is 0 Å². The smallest absolute Gasteiger partial charge is 0.339 e. The van der Waals surface area contributed by atoms with Crippen molar-refractivity contribution < 1.29 is 14.3 Å². The normalized spacial score (nSPS) is 12.9. The molecule has 1 aromatic heterocycles. The predicted octanol–water partition coefficient (Wildman–Crippen LogP) is 5.82. The second-order valence-electron chi connectivity index (χ2n) is 8.08. The first-order valence-corrected chi connectivity index (χ1v) is 11.0. The lowest BCUT2D eigenvalue weighted by Gasteiger charge is -2.19. The number of para-hydroxylation sites is 1. The molecule has 0 atom stereocenters. The summed E-state index contributed by atoms with van der Waals surface area (Å²) in [7, 11) is 0. The fraction of sp³-hybridized carbons (Fsp3) is 0.179. The summed E-state index contributed by atoms with van der Waals surface area (Å²) >= 11 is 0. The van der Waals surface area contributed by atoms with Crippen molar-refractivity contribution in [1.29, 1.82) is 0 Å². The summed E-state index contributed by atoms with van der Waals surface area (Å²) in [5.74, 6) is -0.666. The highest BCUT2D eigenvalue weighted by Crippen LogP contribution is 2.30. The van der Waals surface area contributed by atoms with Gasteiger partial charge in [-0.25, -0.2) is 4.79 Å². The molecule has 0 unspecified atom stereocenters. The fourth-order valence-electron chi connectivity index (χ4n) is 4.37. The molecule has 4 nitrogen and oxygen atoms in total. The van der Waals surface area contributed by atoms with Gasteiger partial charge in [0, 0.05) is 16.6 Å².